The van der Waals surface area contributed by atoms with Gasteiger partial charge in [0, 0.05) is 22.6 Å². The number of hydrogen-bond acceptors (Lipinski definition) is 7. The maximum absolute atomic E-state index is 13.6. The van der Waals surface area contributed by atoms with E-state index in [1.165, 1.54) is 12.1 Å². The van der Waals surface area contributed by atoms with Crippen LogP contribution >= 0.6 is 0 Å². The Hall–Kier alpha value is -5.11. The number of ether oxygens (including phenoxy) is 1. The first-order valence-corrected chi connectivity index (χ1v) is 15.8. The summed E-state index contributed by atoms with van der Waals surface area (Å²) < 4.78 is 6.24. The Morgan fingerprint density at radius 1 is 0.830 bits per heavy atom. The Morgan fingerprint density at radius 2 is 1.45 bits per heavy atom. The van der Waals surface area contributed by atoms with Crippen molar-refractivity contribution in [3.8, 4) is 11.5 Å². The summed E-state index contributed by atoms with van der Waals surface area (Å²) >= 11 is 0. The molecule has 8 heteroatoms. The first-order chi connectivity index (χ1) is 22.1. The maximum Gasteiger partial charge on any atom is 0.277 e. The van der Waals surface area contributed by atoms with Gasteiger partial charge in [-0.25, -0.2) is 4.98 Å². The van der Waals surface area contributed by atoms with E-state index in [1.807, 2.05) is 24.3 Å². The average molecular weight is 631 g/mol. The monoisotopic (exact) mass is 630 g/mol. The summed E-state index contributed by atoms with van der Waals surface area (Å²) in [6.45, 7) is 13.0. The second-order valence-corrected chi connectivity index (χ2v) is 14.4. The quantitative estimate of drug-likeness (QED) is 0.0826. The molecule has 1 N–H and O–H groups in total. The van der Waals surface area contributed by atoms with E-state index in [0.29, 0.717) is 40.1 Å². The highest BCUT2D eigenvalue weighted by Gasteiger charge is 2.41. The van der Waals surface area contributed by atoms with Crippen LogP contribution < -0.4 is 4.74 Å². The fraction of sp³-hybridized carbons (Fsp3) is 0.308. The Morgan fingerprint density at radius 3 is 2.09 bits per heavy atom. The highest BCUT2D eigenvalue weighted by molar-refractivity contribution is 6.31. The first kappa shape index (κ1) is 31.9. The van der Waals surface area contributed by atoms with Gasteiger partial charge in [-0.2, -0.15) is 0 Å². The summed E-state index contributed by atoms with van der Waals surface area (Å²) in [5.74, 6) is -1.02. The molecule has 1 aromatic heterocycles. The Bertz CT molecular complexity index is 2070. The lowest BCUT2D eigenvalue weighted by molar-refractivity contribution is -0.383. The number of nitro benzene ring substituents is 1. The molecule has 47 heavy (non-hydrogen) atoms. The van der Waals surface area contributed by atoms with E-state index < -0.39 is 16.6 Å². The Kier molecular flexibility index (Phi) is 7.86. The van der Waals surface area contributed by atoms with Crippen molar-refractivity contribution in [3.05, 3.63) is 116 Å². The molecule has 8 nitrogen and oxygen atoms in total. The van der Waals surface area contributed by atoms with Crippen LogP contribution in [0, 0.1) is 10.1 Å². The number of para-hydroxylation sites is 1. The van der Waals surface area contributed by atoms with Gasteiger partial charge < -0.3 is 9.84 Å². The van der Waals surface area contributed by atoms with E-state index in [9.17, 15) is 24.8 Å². The first-order valence-electron chi connectivity index (χ1n) is 15.8. The number of non-ortho nitro benzene ring substituents is 1. The van der Waals surface area contributed by atoms with Gasteiger partial charge in [-0.05, 0) is 70.0 Å². The number of benzene rings is 4. The van der Waals surface area contributed by atoms with Crippen molar-refractivity contribution in [1.82, 2.24) is 4.98 Å². The minimum absolute atomic E-state index is 0.116. The number of carbonyl (C=O) groups excluding carboxylic acids is 2. The number of ketones is 2. The van der Waals surface area contributed by atoms with Crippen molar-refractivity contribution < 1.29 is 24.4 Å². The van der Waals surface area contributed by atoms with Crippen LogP contribution in [0.3, 0.4) is 0 Å². The molecule has 1 aliphatic carbocycles. The van der Waals surface area contributed by atoms with E-state index in [2.05, 4.69) is 53.7 Å². The molecule has 0 aliphatic heterocycles. The summed E-state index contributed by atoms with van der Waals surface area (Å²) in [4.78, 5) is 43.1. The number of phenols is 1. The van der Waals surface area contributed by atoms with Crippen molar-refractivity contribution in [2.75, 3.05) is 6.61 Å². The second-order valence-electron chi connectivity index (χ2n) is 14.4. The normalized spacial score (nSPS) is 15.0. The van der Waals surface area contributed by atoms with Crippen LogP contribution in [0.1, 0.15) is 97.0 Å². The fourth-order valence-corrected chi connectivity index (χ4v) is 6.43. The number of pyridine rings is 1. The van der Waals surface area contributed by atoms with Crippen molar-refractivity contribution in [2.24, 2.45) is 0 Å². The molecule has 0 radical (unpaired) electrons. The topological polar surface area (TPSA) is 120 Å². The summed E-state index contributed by atoms with van der Waals surface area (Å²) in [5.41, 5.74) is 3.74. The van der Waals surface area contributed by atoms with E-state index in [4.69, 9.17) is 9.72 Å². The number of aromatic nitrogens is 1. The number of Topliss-reactive ketones (excluding diaryl/α,β-unsaturated/α-hetero) is 2. The predicted molar refractivity (Wildman–Crippen MR) is 183 cm³/mol. The average Bonchev–Trinajstić information content (AvgIpc) is 3.25. The van der Waals surface area contributed by atoms with Gasteiger partial charge in [-0.15, -0.1) is 0 Å². The SMILES string of the molecule is CC(C)(C)c1cc(CCCOc2cccc3ccc(C4C(=O)c5cc6cccc([N+](=O)[O-])c6cc5C4=O)nc23)cc(C(C)(C)C)c1O. The van der Waals surface area contributed by atoms with Crippen LogP contribution in [0.25, 0.3) is 21.7 Å². The number of carbonyl (C=O) groups is 2. The maximum atomic E-state index is 13.6. The van der Waals surface area contributed by atoms with Crippen LogP contribution in [0.2, 0.25) is 0 Å². The highest BCUT2D eigenvalue weighted by atomic mass is 16.6. The molecule has 1 aliphatic rings. The predicted octanol–water partition coefficient (Wildman–Crippen LogP) is 8.77. The van der Waals surface area contributed by atoms with Gasteiger partial charge in [0.1, 0.15) is 22.9 Å². The van der Waals surface area contributed by atoms with Crippen LogP contribution in [0.4, 0.5) is 5.69 Å². The summed E-state index contributed by atoms with van der Waals surface area (Å²) in [6.07, 6.45) is 1.48. The van der Waals surface area contributed by atoms with E-state index in [1.54, 1.807) is 24.3 Å². The molecule has 5 aromatic rings. The minimum atomic E-state index is -1.14. The van der Waals surface area contributed by atoms with Gasteiger partial charge in [0.05, 0.1) is 22.6 Å². The summed E-state index contributed by atoms with van der Waals surface area (Å²) in [5, 5.41) is 24.3. The lowest BCUT2D eigenvalue weighted by atomic mass is 9.78. The summed E-state index contributed by atoms with van der Waals surface area (Å²) in [6, 6.07) is 21.0. The van der Waals surface area contributed by atoms with Crippen LogP contribution in [0.5, 0.6) is 11.5 Å². The molecule has 0 spiro atoms. The van der Waals surface area contributed by atoms with Gasteiger partial charge >= 0.3 is 0 Å². The van der Waals surface area contributed by atoms with Crippen LogP contribution in [0.15, 0.2) is 72.8 Å². The number of phenolic OH excluding ortho intramolecular Hbond substituents is 1. The third-order valence-electron chi connectivity index (χ3n) is 8.90. The zero-order valence-corrected chi connectivity index (χ0v) is 27.5. The highest BCUT2D eigenvalue weighted by Crippen LogP contribution is 2.41. The lowest BCUT2D eigenvalue weighted by Crippen LogP contribution is -2.18. The largest absolute Gasteiger partial charge is 0.507 e. The molecule has 0 fully saturated rings. The molecule has 0 bridgehead atoms. The molecule has 4 aromatic carbocycles. The van der Waals surface area contributed by atoms with Gasteiger partial charge in [0.25, 0.3) is 5.69 Å². The van der Waals surface area contributed by atoms with Gasteiger partial charge in [-0.3, -0.25) is 19.7 Å². The molecule has 0 saturated heterocycles. The molecule has 1 heterocycles. The molecular weight excluding hydrogens is 592 g/mol. The minimum Gasteiger partial charge on any atom is -0.507 e. The number of rotatable bonds is 7. The van der Waals surface area contributed by atoms with Gasteiger partial charge in [-0.1, -0.05) is 84.0 Å². The van der Waals surface area contributed by atoms with E-state index in [0.717, 1.165) is 34.9 Å². The van der Waals surface area contributed by atoms with Crippen molar-refractivity contribution in [1.29, 1.82) is 0 Å². The van der Waals surface area contributed by atoms with E-state index >= 15 is 0 Å². The molecule has 0 amide bonds. The molecule has 1 atom stereocenters. The second kappa shape index (κ2) is 11.6. The third-order valence-corrected chi connectivity index (χ3v) is 8.90. The Balaban J connectivity index is 1.24. The Labute approximate surface area is 273 Å². The molecule has 1 unspecified atom stereocenters. The van der Waals surface area contributed by atoms with Crippen molar-refractivity contribution in [3.63, 3.8) is 0 Å². The molecule has 240 valence electrons. The zero-order valence-electron chi connectivity index (χ0n) is 27.5. The van der Waals surface area contributed by atoms with Gasteiger partial charge in [0.15, 0.2) is 11.6 Å². The van der Waals surface area contributed by atoms with Crippen LogP contribution in [-0.2, 0) is 17.3 Å². The number of aromatic hydroxyl groups is 1. The van der Waals surface area contributed by atoms with Crippen molar-refractivity contribution in [2.45, 2.75) is 71.1 Å². The fourth-order valence-electron chi connectivity index (χ4n) is 6.43. The van der Waals surface area contributed by atoms with Crippen molar-refractivity contribution >= 4 is 38.9 Å². The lowest BCUT2D eigenvalue weighted by Gasteiger charge is -2.28. The molecule has 0 saturated carbocycles. The van der Waals surface area contributed by atoms with Crippen LogP contribution in [-0.4, -0.2) is 33.2 Å². The zero-order chi connectivity index (χ0) is 33.8. The molecular formula is C39H38N2O6. The van der Waals surface area contributed by atoms with Gasteiger partial charge in [0.2, 0.25) is 0 Å². The molecule has 6 rings (SSSR count). The smallest absolute Gasteiger partial charge is 0.277 e. The summed E-state index contributed by atoms with van der Waals surface area (Å²) in [7, 11) is 0. The number of nitro groups is 1. The third kappa shape index (κ3) is 5.84. The van der Waals surface area contributed by atoms with E-state index in [-0.39, 0.29) is 33.4 Å². The number of hydrogen-bond donors (Lipinski definition) is 1. The number of aryl methyl sites for hydroxylation is 1. The standard InChI is InChI=1S/C39H38N2O6/c1-38(2,3)28-18-22(19-29(37(28)44)39(4,5)6)10-9-17-47-32-14-8-11-23-15-16-30(40-34(23)32)33-35(42)26-20-24-12-7-13-31(41(45)46)25(24)21-27(26)36(33)43/h7-8,11-16,18-21,33,44H,9-10,17H2,1-6H3. The number of nitrogens with zero attached hydrogens (tertiary/aromatic N) is 2. The number of fused-ring (bicyclic) bond motifs is 3.